The normalized spacial score (nSPS) is 11.8. The predicted octanol–water partition coefficient (Wildman–Crippen LogP) is 4.96. The topological polar surface area (TPSA) is 223 Å². The lowest BCUT2D eigenvalue weighted by Gasteiger charge is -2.19. The summed E-state index contributed by atoms with van der Waals surface area (Å²) in [5.74, 6) is -0.370. The van der Waals surface area contributed by atoms with E-state index in [2.05, 4.69) is 25.1 Å². The van der Waals surface area contributed by atoms with Gasteiger partial charge >= 0.3 is 23.3 Å². The van der Waals surface area contributed by atoms with E-state index in [1.165, 1.54) is 7.05 Å². The SMILES string of the molecule is Cn1nccc1-c1nc2[nH]c(=O)n(C)c(=O)c2n1-c1ccc(Cl)cc1.Cn1nccc1-c1nc2c(c(=O)n(COC(=O)C(C)(C)C)c(=O)n2COC(=O)C(C)(C)C)n1-c1ccc(Cl)cc1. The summed E-state index contributed by atoms with van der Waals surface area (Å²) in [6, 6.07) is 17.2. The molecule has 0 radical (unpaired) electrons. The number of imidazole rings is 2. The Hall–Kier alpha value is -7.32. The van der Waals surface area contributed by atoms with E-state index in [1.807, 2.05) is 0 Å². The first-order valence-corrected chi connectivity index (χ1v) is 20.6. The molecule has 0 aliphatic rings. The van der Waals surface area contributed by atoms with Crippen molar-refractivity contribution in [1.82, 2.24) is 57.3 Å². The van der Waals surface area contributed by atoms with Gasteiger partial charge in [-0.25, -0.2) is 28.7 Å². The fourth-order valence-electron chi connectivity index (χ4n) is 6.50. The van der Waals surface area contributed by atoms with E-state index in [0.29, 0.717) is 44.5 Å². The predicted molar refractivity (Wildman–Crippen MR) is 242 cm³/mol. The smallest absolute Gasteiger partial charge is 0.338 e. The minimum absolute atomic E-state index is 0.00302. The third-order valence-corrected chi connectivity index (χ3v) is 10.6. The first-order chi connectivity index (χ1) is 30.6. The number of carbonyl (C=O) groups excluding carboxylic acids is 2. The van der Waals surface area contributed by atoms with Crippen molar-refractivity contribution in [3.05, 3.63) is 125 Å². The number of benzene rings is 2. The maximum atomic E-state index is 13.9. The Balaban J connectivity index is 0.000000215. The van der Waals surface area contributed by atoms with Gasteiger partial charge in [0.2, 0.25) is 0 Å². The Morgan fingerprint density at radius 1 is 0.615 bits per heavy atom. The first kappa shape index (κ1) is 45.7. The van der Waals surface area contributed by atoms with Crippen LogP contribution in [0.5, 0.6) is 0 Å². The summed E-state index contributed by atoms with van der Waals surface area (Å²) in [4.78, 5) is 89.1. The molecular weight excluding hydrogens is 883 g/mol. The van der Waals surface area contributed by atoms with Gasteiger partial charge < -0.3 is 9.47 Å². The molecule has 1 N–H and O–H groups in total. The summed E-state index contributed by atoms with van der Waals surface area (Å²) in [5.41, 5.74) is -1.34. The Morgan fingerprint density at radius 2 is 1.06 bits per heavy atom. The Kier molecular flexibility index (Phi) is 12.2. The number of aromatic nitrogens is 12. The van der Waals surface area contributed by atoms with Crippen molar-refractivity contribution in [3.8, 4) is 34.4 Å². The second-order valence-corrected chi connectivity index (χ2v) is 17.8. The molecule has 0 aliphatic heterocycles. The maximum Gasteiger partial charge on any atom is 0.338 e. The van der Waals surface area contributed by atoms with Crippen molar-refractivity contribution in [2.75, 3.05) is 0 Å². The fraction of sp³-hybridized carbons (Fsp3) is 0.302. The molecule has 22 heteroatoms. The van der Waals surface area contributed by atoms with Crippen molar-refractivity contribution in [1.29, 1.82) is 0 Å². The van der Waals surface area contributed by atoms with Crippen LogP contribution in [-0.2, 0) is 53.7 Å². The summed E-state index contributed by atoms with van der Waals surface area (Å²) in [6.07, 6.45) is 3.21. The second kappa shape index (κ2) is 17.3. The molecule has 0 amide bonds. The molecule has 0 saturated carbocycles. The van der Waals surface area contributed by atoms with E-state index >= 15 is 0 Å². The molecule has 6 aromatic heterocycles. The standard InChI is InChI=1S/C27H31ClN6O6.C16H13ClN6O2/c1-26(2,3)23(36)39-14-32-21-19(22(35)33(25(32)38)15-40-24(37)27(4,5)6)34(17-10-8-16(28)9-11-17)20(30-21)18-12-13-29-31(18)7;1-21-15(24)12-13(20-16(21)25)19-14(11-7-8-18-22(11)2)23(12)10-5-3-9(17)4-6-10/h8-13H,14-15H2,1-7H3;3-8H,1-2H3,(H,20,25). The average molecular weight is 928 g/mol. The van der Waals surface area contributed by atoms with E-state index in [0.717, 1.165) is 13.7 Å². The Bertz CT molecular complexity index is 3370. The van der Waals surface area contributed by atoms with Crippen molar-refractivity contribution >= 4 is 57.5 Å². The van der Waals surface area contributed by atoms with Gasteiger partial charge in [0.25, 0.3) is 11.1 Å². The van der Waals surface area contributed by atoms with Gasteiger partial charge in [0.05, 0.1) is 10.8 Å². The summed E-state index contributed by atoms with van der Waals surface area (Å²) in [7, 11) is 4.91. The van der Waals surface area contributed by atoms with Crippen LogP contribution in [0.2, 0.25) is 10.0 Å². The minimum atomic E-state index is -0.868. The van der Waals surface area contributed by atoms with Gasteiger partial charge in [0, 0.05) is 55.0 Å². The van der Waals surface area contributed by atoms with Crippen LogP contribution in [0, 0.1) is 10.8 Å². The van der Waals surface area contributed by atoms with Crippen LogP contribution < -0.4 is 22.5 Å². The molecule has 0 fully saturated rings. The molecule has 0 unspecified atom stereocenters. The van der Waals surface area contributed by atoms with Crippen LogP contribution in [0.25, 0.3) is 56.7 Å². The molecule has 0 bridgehead atoms. The van der Waals surface area contributed by atoms with E-state index < -0.39 is 58.7 Å². The number of fused-ring (bicyclic) bond motifs is 2. The van der Waals surface area contributed by atoms with Gasteiger partial charge in [-0.3, -0.25) is 47.2 Å². The number of H-pyrrole nitrogens is 1. The van der Waals surface area contributed by atoms with Crippen LogP contribution in [0.4, 0.5) is 0 Å². The fourth-order valence-corrected chi connectivity index (χ4v) is 6.76. The molecule has 2 aromatic carbocycles. The zero-order valence-corrected chi connectivity index (χ0v) is 38.3. The van der Waals surface area contributed by atoms with E-state index in [-0.39, 0.29) is 22.3 Å². The van der Waals surface area contributed by atoms with E-state index in [4.69, 9.17) is 32.7 Å². The molecule has 8 aromatic rings. The Labute approximate surface area is 378 Å². The minimum Gasteiger partial charge on any atom is -0.443 e. The molecule has 0 atom stereocenters. The first-order valence-electron chi connectivity index (χ1n) is 19.9. The van der Waals surface area contributed by atoms with Crippen LogP contribution in [0.1, 0.15) is 41.5 Å². The third-order valence-electron chi connectivity index (χ3n) is 10.1. The average Bonchev–Trinajstić information content (AvgIpc) is 4.05. The van der Waals surface area contributed by atoms with Crippen LogP contribution in [0.3, 0.4) is 0 Å². The number of aromatic amines is 1. The zero-order valence-electron chi connectivity index (χ0n) is 36.8. The maximum absolute atomic E-state index is 13.9. The number of halogens is 2. The number of nitrogens with one attached hydrogen (secondary N) is 1. The van der Waals surface area contributed by atoms with Crippen LogP contribution in [0.15, 0.2) is 92.2 Å². The van der Waals surface area contributed by atoms with Crippen molar-refractivity contribution in [2.24, 2.45) is 32.0 Å². The monoisotopic (exact) mass is 926 g/mol. The Morgan fingerprint density at radius 3 is 1.51 bits per heavy atom. The van der Waals surface area contributed by atoms with Crippen molar-refractivity contribution < 1.29 is 19.1 Å². The van der Waals surface area contributed by atoms with Gasteiger partial charge in [-0.1, -0.05) is 23.2 Å². The molecule has 0 saturated heterocycles. The van der Waals surface area contributed by atoms with Crippen LogP contribution >= 0.6 is 23.2 Å². The molecule has 20 nitrogen and oxygen atoms in total. The van der Waals surface area contributed by atoms with Gasteiger partial charge in [-0.05, 0) is 102 Å². The number of esters is 2. The van der Waals surface area contributed by atoms with Gasteiger partial charge in [-0.2, -0.15) is 10.2 Å². The van der Waals surface area contributed by atoms with Gasteiger partial charge in [0.1, 0.15) is 11.4 Å². The highest BCUT2D eigenvalue weighted by atomic mass is 35.5. The highest BCUT2D eigenvalue weighted by Gasteiger charge is 2.29. The van der Waals surface area contributed by atoms with Crippen molar-refractivity contribution in [3.63, 3.8) is 0 Å². The number of ether oxygens (including phenoxy) is 2. The van der Waals surface area contributed by atoms with Gasteiger partial charge in [0.15, 0.2) is 47.4 Å². The third kappa shape index (κ3) is 8.81. The summed E-state index contributed by atoms with van der Waals surface area (Å²) >= 11 is 12.1. The summed E-state index contributed by atoms with van der Waals surface area (Å²) in [6.45, 7) is 8.82. The molecule has 0 aliphatic carbocycles. The van der Waals surface area contributed by atoms with Crippen LogP contribution in [-0.4, -0.2) is 69.3 Å². The molecule has 6 heterocycles. The van der Waals surface area contributed by atoms with E-state index in [1.54, 1.807) is 147 Å². The molecular formula is C43H44Cl2N12O8. The van der Waals surface area contributed by atoms with Crippen molar-refractivity contribution in [2.45, 2.75) is 55.0 Å². The van der Waals surface area contributed by atoms with Gasteiger partial charge in [-0.15, -0.1) is 0 Å². The molecule has 0 spiro atoms. The zero-order chi connectivity index (χ0) is 47.3. The number of carbonyl (C=O) groups is 2. The highest BCUT2D eigenvalue weighted by molar-refractivity contribution is 6.30. The molecule has 338 valence electrons. The summed E-state index contributed by atoms with van der Waals surface area (Å²) < 4.78 is 20.1. The number of hydrogen-bond donors (Lipinski definition) is 1. The number of aryl methyl sites for hydroxylation is 2. The lowest BCUT2D eigenvalue weighted by atomic mass is 9.97. The number of hydrogen-bond acceptors (Lipinski definition) is 12. The molecule has 65 heavy (non-hydrogen) atoms. The highest BCUT2D eigenvalue weighted by Crippen LogP contribution is 2.29. The quantitative estimate of drug-likeness (QED) is 0.200. The largest absolute Gasteiger partial charge is 0.443 e. The summed E-state index contributed by atoms with van der Waals surface area (Å²) in [5, 5.41) is 9.43. The lowest BCUT2D eigenvalue weighted by molar-refractivity contribution is -0.157. The molecule has 8 rings (SSSR count). The van der Waals surface area contributed by atoms with E-state index in [9.17, 15) is 28.8 Å². The number of nitrogens with zero attached hydrogens (tertiary/aromatic N) is 11. The second-order valence-electron chi connectivity index (χ2n) is 16.9. The lowest BCUT2D eigenvalue weighted by Crippen LogP contribution is -2.43. The number of rotatable bonds is 8.